The Labute approximate surface area is 52.0 Å². The molecule has 0 spiro atoms. The monoisotopic (exact) mass is 129 g/mol. The van der Waals surface area contributed by atoms with E-state index in [2.05, 4.69) is 10.6 Å². The number of imide groups is 1. The first-order valence-electron chi connectivity index (χ1n) is 2.51. The third-order valence-electron chi connectivity index (χ3n) is 1.09. The lowest BCUT2D eigenvalue weighted by atomic mass is 10.6. The van der Waals surface area contributed by atoms with E-state index >= 15 is 0 Å². The number of rotatable bonds is 0. The molecule has 0 bridgehead atoms. The lowest BCUT2D eigenvalue weighted by molar-refractivity contribution is 0.184. The van der Waals surface area contributed by atoms with Crippen LogP contribution in [0.3, 0.4) is 0 Å². The maximum Gasteiger partial charge on any atom is 0.326 e. The van der Waals surface area contributed by atoms with Crippen molar-refractivity contribution in [3.8, 4) is 0 Å². The van der Waals surface area contributed by atoms with Crippen molar-refractivity contribution in [3.63, 3.8) is 0 Å². The molecule has 9 heavy (non-hydrogen) atoms. The SMILES string of the molecule is CN1C(=O)NCNC1=O. The van der Waals surface area contributed by atoms with Gasteiger partial charge in [-0.05, 0) is 0 Å². The van der Waals surface area contributed by atoms with Gasteiger partial charge in [0.2, 0.25) is 0 Å². The van der Waals surface area contributed by atoms with Crippen molar-refractivity contribution in [2.75, 3.05) is 13.7 Å². The lowest BCUT2D eigenvalue weighted by Crippen LogP contribution is -2.55. The smallest absolute Gasteiger partial charge is 0.320 e. The van der Waals surface area contributed by atoms with Gasteiger partial charge in [0.05, 0.1) is 6.67 Å². The third kappa shape index (κ3) is 0.933. The molecule has 0 aromatic rings. The summed E-state index contributed by atoms with van der Waals surface area (Å²) in [6, 6.07) is -0.725. The Bertz CT molecular complexity index is 140. The van der Waals surface area contributed by atoms with E-state index in [0.717, 1.165) is 4.90 Å². The highest BCUT2D eigenvalue weighted by atomic mass is 16.2. The molecule has 2 N–H and O–H groups in total. The van der Waals surface area contributed by atoms with Crippen LogP contribution in [0.5, 0.6) is 0 Å². The molecular weight excluding hydrogens is 122 g/mol. The van der Waals surface area contributed by atoms with Gasteiger partial charge in [-0.1, -0.05) is 0 Å². The van der Waals surface area contributed by atoms with Crippen LogP contribution in [-0.4, -0.2) is 30.7 Å². The number of hydrogen-bond donors (Lipinski definition) is 2. The maximum atomic E-state index is 10.6. The second-order valence-electron chi connectivity index (χ2n) is 1.70. The number of urea groups is 2. The second kappa shape index (κ2) is 1.93. The van der Waals surface area contributed by atoms with Crippen molar-refractivity contribution in [1.29, 1.82) is 0 Å². The average Bonchev–Trinajstić information content (AvgIpc) is 1.83. The van der Waals surface area contributed by atoms with Crippen LogP contribution < -0.4 is 10.6 Å². The van der Waals surface area contributed by atoms with E-state index in [-0.39, 0.29) is 18.7 Å². The van der Waals surface area contributed by atoms with Gasteiger partial charge in [0.25, 0.3) is 0 Å². The summed E-state index contributed by atoms with van der Waals surface area (Å²) >= 11 is 0. The predicted octanol–water partition coefficient (Wildman–Crippen LogP) is -0.692. The highest BCUT2D eigenvalue weighted by Gasteiger charge is 2.19. The van der Waals surface area contributed by atoms with Crippen LogP contribution >= 0.6 is 0 Å². The Morgan fingerprint density at radius 3 is 2.11 bits per heavy atom. The van der Waals surface area contributed by atoms with Crippen LogP contribution in [0.2, 0.25) is 0 Å². The lowest BCUT2D eigenvalue weighted by Gasteiger charge is -2.21. The summed E-state index contributed by atoms with van der Waals surface area (Å²) in [5.74, 6) is 0. The van der Waals surface area contributed by atoms with Crippen molar-refractivity contribution in [2.24, 2.45) is 0 Å². The van der Waals surface area contributed by atoms with Crippen LogP contribution in [-0.2, 0) is 0 Å². The maximum absolute atomic E-state index is 10.6. The summed E-state index contributed by atoms with van der Waals surface area (Å²) in [5, 5.41) is 4.83. The first-order valence-corrected chi connectivity index (χ1v) is 2.51. The molecule has 4 amide bonds. The molecule has 5 heteroatoms. The van der Waals surface area contributed by atoms with Crippen molar-refractivity contribution in [1.82, 2.24) is 15.5 Å². The van der Waals surface area contributed by atoms with Crippen LogP contribution in [0, 0.1) is 0 Å². The predicted molar refractivity (Wildman–Crippen MR) is 29.7 cm³/mol. The second-order valence-corrected chi connectivity index (χ2v) is 1.70. The Morgan fingerprint density at radius 1 is 1.33 bits per heavy atom. The molecule has 1 aliphatic rings. The largest absolute Gasteiger partial charge is 0.326 e. The Kier molecular flexibility index (Phi) is 1.26. The van der Waals surface area contributed by atoms with Crippen LogP contribution in [0.25, 0.3) is 0 Å². The van der Waals surface area contributed by atoms with Crippen molar-refractivity contribution in [2.45, 2.75) is 0 Å². The van der Waals surface area contributed by atoms with Gasteiger partial charge >= 0.3 is 12.1 Å². The molecule has 0 aromatic carbocycles. The Balaban J connectivity index is 2.62. The summed E-state index contributed by atoms with van der Waals surface area (Å²) in [5.41, 5.74) is 0. The summed E-state index contributed by atoms with van der Waals surface area (Å²) < 4.78 is 0. The first-order chi connectivity index (χ1) is 4.22. The fourth-order valence-corrected chi connectivity index (χ4v) is 0.525. The molecule has 1 heterocycles. The number of hydrogen-bond acceptors (Lipinski definition) is 2. The molecular formula is C4H7N3O2. The van der Waals surface area contributed by atoms with E-state index in [9.17, 15) is 9.59 Å². The Morgan fingerprint density at radius 2 is 1.78 bits per heavy atom. The fraction of sp³-hybridized carbons (Fsp3) is 0.500. The topological polar surface area (TPSA) is 61.4 Å². The van der Waals surface area contributed by atoms with Crippen molar-refractivity contribution < 1.29 is 9.59 Å². The minimum atomic E-state index is -0.362. The zero-order valence-electron chi connectivity index (χ0n) is 4.97. The molecule has 0 aliphatic carbocycles. The molecule has 0 aromatic heterocycles. The van der Waals surface area contributed by atoms with Gasteiger partial charge in [0.15, 0.2) is 0 Å². The van der Waals surface area contributed by atoms with Gasteiger partial charge in [0.1, 0.15) is 0 Å². The van der Waals surface area contributed by atoms with Crippen LogP contribution in [0.15, 0.2) is 0 Å². The summed E-state index contributed by atoms with van der Waals surface area (Å²) in [6.45, 7) is 0.224. The van der Waals surface area contributed by atoms with E-state index in [0.29, 0.717) is 0 Å². The standard InChI is InChI=1S/C4H7N3O2/c1-7-3(8)5-2-6-4(7)9/h2H2,1H3,(H,5,8)(H,6,9). The first kappa shape index (κ1) is 5.87. The minimum Gasteiger partial charge on any atom is -0.320 e. The van der Waals surface area contributed by atoms with E-state index in [4.69, 9.17) is 0 Å². The molecule has 0 unspecified atom stereocenters. The number of nitrogens with one attached hydrogen (secondary N) is 2. The van der Waals surface area contributed by atoms with Gasteiger partial charge < -0.3 is 10.6 Å². The highest BCUT2D eigenvalue weighted by molar-refractivity contribution is 5.95. The van der Waals surface area contributed by atoms with E-state index < -0.39 is 0 Å². The number of amides is 4. The molecule has 1 aliphatic heterocycles. The summed E-state index contributed by atoms with van der Waals surface area (Å²) in [7, 11) is 1.41. The van der Waals surface area contributed by atoms with E-state index in [1.165, 1.54) is 7.05 Å². The van der Waals surface area contributed by atoms with Crippen molar-refractivity contribution >= 4 is 12.1 Å². The molecule has 1 saturated heterocycles. The van der Waals surface area contributed by atoms with Gasteiger partial charge in [-0.15, -0.1) is 0 Å². The average molecular weight is 129 g/mol. The molecule has 50 valence electrons. The normalized spacial score (nSPS) is 19.0. The molecule has 0 atom stereocenters. The molecule has 5 nitrogen and oxygen atoms in total. The van der Waals surface area contributed by atoms with Crippen LogP contribution in [0.1, 0.15) is 0 Å². The molecule has 0 radical (unpaired) electrons. The fourth-order valence-electron chi connectivity index (χ4n) is 0.525. The zero-order chi connectivity index (χ0) is 6.85. The molecule has 1 fully saturated rings. The van der Waals surface area contributed by atoms with Crippen molar-refractivity contribution in [3.05, 3.63) is 0 Å². The number of carbonyl (C=O) groups is 2. The summed E-state index contributed by atoms with van der Waals surface area (Å²) in [4.78, 5) is 22.1. The van der Waals surface area contributed by atoms with E-state index in [1.807, 2.05) is 0 Å². The van der Waals surface area contributed by atoms with E-state index in [1.54, 1.807) is 0 Å². The van der Waals surface area contributed by atoms with Crippen LogP contribution in [0.4, 0.5) is 9.59 Å². The number of nitrogens with zero attached hydrogens (tertiary/aromatic N) is 1. The van der Waals surface area contributed by atoms with Gasteiger partial charge in [-0.2, -0.15) is 0 Å². The van der Waals surface area contributed by atoms with Gasteiger partial charge in [-0.3, -0.25) is 0 Å². The third-order valence-corrected chi connectivity index (χ3v) is 1.09. The minimum absolute atomic E-state index is 0.224. The quantitative estimate of drug-likeness (QED) is 0.454. The highest BCUT2D eigenvalue weighted by Crippen LogP contribution is 1.88. The van der Waals surface area contributed by atoms with Gasteiger partial charge in [-0.25, -0.2) is 14.5 Å². The Hall–Kier alpha value is -1.26. The molecule has 0 saturated carbocycles. The molecule has 1 rings (SSSR count). The summed E-state index contributed by atoms with van der Waals surface area (Å²) in [6.07, 6.45) is 0. The van der Waals surface area contributed by atoms with Gasteiger partial charge in [0, 0.05) is 7.05 Å². The zero-order valence-corrected chi connectivity index (χ0v) is 4.97. The number of carbonyl (C=O) groups excluding carboxylic acids is 2.